The van der Waals surface area contributed by atoms with Crippen molar-refractivity contribution in [2.24, 2.45) is 0 Å². The number of rotatable bonds is 6. The first kappa shape index (κ1) is 21.7. The maximum atomic E-state index is 15.2. The average molecular weight is 494 g/mol. The molecule has 0 saturated carbocycles. The molecule has 4 aromatic rings. The molecule has 1 atom stereocenters. The van der Waals surface area contributed by atoms with Crippen LogP contribution in [0.25, 0.3) is 11.1 Å². The molecule has 0 spiro atoms. The number of sulfonamides is 1. The number of benzene rings is 2. The molecule has 3 heterocycles. The first-order valence-corrected chi connectivity index (χ1v) is 12.1. The molecule has 1 saturated heterocycles. The molecule has 1 aliphatic rings. The van der Waals surface area contributed by atoms with Crippen molar-refractivity contribution in [3.63, 3.8) is 0 Å². The van der Waals surface area contributed by atoms with Gasteiger partial charge in [0.1, 0.15) is 17.0 Å². The third-order valence-corrected chi connectivity index (χ3v) is 7.69. The van der Waals surface area contributed by atoms with Gasteiger partial charge in [-0.15, -0.1) is 0 Å². The van der Waals surface area contributed by atoms with Gasteiger partial charge < -0.3 is 9.73 Å². The fraction of sp³-hybridized carbons (Fsp3) is 0.250. The summed E-state index contributed by atoms with van der Waals surface area (Å²) < 4.78 is 67.6. The molecule has 1 unspecified atom stereocenters. The van der Waals surface area contributed by atoms with E-state index in [1.165, 1.54) is 4.57 Å². The van der Waals surface area contributed by atoms with Crippen LogP contribution in [0.2, 0.25) is 0 Å². The lowest BCUT2D eigenvalue weighted by Crippen LogP contribution is -2.54. The Kier molecular flexibility index (Phi) is 5.06. The number of alkyl halides is 1. The summed E-state index contributed by atoms with van der Waals surface area (Å²) in [7, 11) is -4.35. The third-order valence-electron chi connectivity index (χ3n) is 5.63. The molecule has 0 aliphatic carbocycles. The van der Waals surface area contributed by atoms with Crippen molar-refractivity contribution in [1.82, 2.24) is 19.2 Å². The Morgan fingerprint density at radius 1 is 1.30 bits per heavy atom. The molecule has 1 aliphatic heterocycles. The molecule has 172 valence electrons. The highest BCUT2D eigenvalue weighted by Gasteiger charge is 2.41. The van der Waals surface area contributed by atoms with Crippen LogP contribution in [0.15, 0.2) is 56.8 Å². The summed E-state index contributed by atoms with van der Waals surface area (Å²) in [5.41, 5.74) is -0.672. The predicted octanol–water partition coefficient (Wildman–Crippen LogP) is 2.76. The van der Waals surface area contributed by atoms with E-state index in [-0.39, 0.29) is 29.3 Å². The van der Waals surface area contributed by atoms with Gasteiger partial charge in [-0.2, -0.15) is 4.37 Å². The lowest BCUT2D eigenvalue weighted by molar-refractivity contribution is 0.0875. The van der Waals surface area contributed by atoms with Crippen LogP contribution in [0.4, 0.5) is 13.9 Å². The number of anilines is 1. The fourth-order valence-corrected chi connectivity index (χ4v) is 5.68. The van der Waals surface area contributed by atoms with E-state index in [4.69, 9.17) is 4.42 Å². The van der Waals surface area contributed by atoms with Crippen LogP contribution in [0, 0.1) is 5.82 Å². The molecule has 5 rings (SSSR count). The summed E-state index contributed by atoms with van der Waals surface area (Å²) in [6.07, 6.45) is 1.15. The average Bonchev–Trinajstić information content (AvgIpc) is 3.37. The minimum Gasteiger partial charge on any atom is -0.408 e. The number of nitrogens with one attached hydrogen (secondary N) is 2. The van der Waals surface area contributed by atoms with E-state index in [0.717, 1.165) is 30.0 Å². The van der Waals surface area contributed by atoms with Crippen LogP contribution in [-0.2, 0) is 15.7 Å². The standard InChI is InChI=1S/C20H17F2N5O4S2/c1-11(12-4-2-3-5-13(12)20(22)8-23-9-20)27-15-6-14(21)17(7-16(15)31-19(27)28)33(29,30)26-18-24-10-25-32-18/h2-7,10-11,23H,8-9H2,1H3,(H,24,25,26). The van der Waals surface area contributed by atoms with Crippen molar-refractivity contribution in [2.75, 3.05) is 17.8 Å². The number of fused-ring (bicyclic) bond motifs is 1. The number of hydrogen-bond acceptors (Lipinski definition) is 8. The zero-order chi connectivity index (χ0) is 23.4. The summed E-state index contributed by atoms with van der Waals surface area (Å²) in [6.45, 7) is 1.97. The zero-order valence-electron chi connectivity index (χ0n) is 17.1. The summed E-state index contributed by atoms with van der Waals surface area (Å²) in [5, 5.41) is 2.87. The van der Waals surface area contributed by atoms with Crippen molar-refractivity contribution in [2.45, 2.75) is 23.5 Å². The van der Waals surface area contributed by atoms with E-state index in [0.29, 0.717) is 11.1 Å². The van der Waals surface area contributed by atoms with Gasteiger partial charge in [0.2, 0.25) is 5.13 Å². The molecule has 0 bridgehead atoms. The summed E-state index contributed by atoms with van der Waals surface area (Å²) in [6, 6.07) is 7.95. The molecule has 13 heteroatoms. The lowest BCUT2D eigenvalue weighted by atomic mass is 9.84. The van der Waals surface area contributed by atoms with E-state index in [9.17, 15) is 17.6 Å². The first-order valence-electron chi connectivity index (χ1n) is 9.83. The topological polar surface area (TPSA) is 119 Å². The van der Waals surface area contributed by atoms with Gasteiger partial charge in [-0.25, -0.2) is 27.0 Å². The smallest absolute Gasteiger partial charge is 0.408 e. The number of oxazole rings is 1. The second-order valence-electron chi connectivity index (χ2n) is 7.67. The largest absolute Gasteiger partial charge is 0.420 e. The SMILES string of the molecule is CC(c1ccccc1C1(F)CNC1)n1c(=O)oc2cc(S(=O)(=O)Nc3ncns3)c(F)cc21. The van der Waals surface area contributed by atoms with E-state index in [1.54, 1.807) is 31.2 Å². The Balaban J connectivity index is 1.60. The molecule has 33 heavy (non-hydrogen) atoms. The quantitative estimate of drug-likeness (QED) is 0.424. The first-order chi connectivity index (χ1) is 15.7. The van der Waals surface area contributed by atoms with E-state index in [1.807, 2.05) is 0 Å². The molecule has 2 N–H and O–H groups in total. The molecule has 2 aromatic carbocycles. The van der Waals surface area contributed by atoms with Gasteiger partial charge in [-0.05, 0) is 18.1 Å². The van der Waals surface area contributed by atoms with E-state index < -0.39 is 38.2 Å². The zero-order valence-corrected chi connectivity index (χ0v) is 18.7. The molecular weight excluding hydrogens is 476 g/mol. The Bertz CT molecular complexity index is 1510. The summed E-state index contributed by atoms with van der Waals surface area (Å²) in [5.74, 6) is -1.90. The van der Waals surface area contributed by atoms with Crippen LogP contribution in [0.1, 0.15) is 24.1 Å². The highest BCUT2D eigenvalue weighted by atomic mass is 32.2. The second kappa shape index (κ2) is 7.71. The van der Waals surface area contributed by atoms with Crippen LogP contribution in [0.5, 0.6) is 0 Å². The van der Waals surface area contributed by atoms with Crippen molar-refractivity contribution in [1.29, 1.82) is 0 Å². The Morgan fingerprint density at radius 3 is 2.73 bits per heavy atom. The fourth-order valence-electron chi connectivity index (χ4n) is 3.94. The minimum absolute atomic E-state index is 0.0376. The van der Waals surface area contributed by atoms with Gasteiger partial charge in [-0.3, -0.25) is 9.29 Å². The van der Waals surface area contributed by atoms with Crippen molar-refractivity contribution in [3.8, 4) is 0 Å². The Morgan fingerprint density at radius 2 is 2.06 bits per heavy atom. The van der Waals surface area contributed by atoms with Crippen molar-refractivity contribution < 1.29 is 21.6 Å². The molecule has 9 nitrogen and oxygen atoms in total. The van der Waals surface area contributed by atoms with Gasteiger partial charge in [0.05, 0.1) is 11.6 Å². The van der Waals surface area contributed by atoms with Crippen LogP contribution in [-0.4, -0.2) is 35.4 Å². The highest BCUT2D eigenvalue weighted by molar-refractivity contribution is 7.93. The van der Waals surface area contributed by atoms with Crippen molar-refractivity contribution >= 4 is 37.8 Å². The molecule has 0 amide bonds. The number of halogens is 2. The van der Waals surface area contributed by atoms with Gasteiger partial charge in [0, 0.05) is 36.8 Å². The molecule has 2 aromatic heterocycles. The molecule has 0 radical (unpaired) electrons. The maximum absolute atomic E-state index is 15.2. The minimum atomic E-state index is -4.35. The van der Waals surface area contributed by atoms with E-state index in [2.05, 4.69) is 19.4 Å². The highest BCUT2D eigenvalue weighted by Crippen LogP contribution is 2.37. The maximum Gasteiger partial charge on any atom is 0.420 e. The van der Waals surface area contributed by atoms with Crippen LogP contribution in [0.3, 0.4) is 0 Å². The predicted molar refractivity (Wildman–Crippen MR) is 117 cm³/mol. The summed E-state index contributed by atoms with van der Waals surface area (Å²) >= 11 is 0.785. The monoisotopic (exact) mass is 493 g/mol. The number of aromatic nitrogens is 3. The van der Waals surface area contributed by atoms with Crippen LogP contribution < -0.4 is 15.8 Å². The molecular formula is C20H17F2N5O4S2. The Labute approximate surface area is 190 Å². The lowest BCUT2D eigenvalue weighted by Gasteiger charge is -2.37. The number of hydrogen-bond donors (Lipinski definition) is 2. The summed E-state index contributed by atoms with van der Waals surface area (Å²) in [4.78, 5) is 15.7. The van der Waals surface area contributed by atoms with Gasteiger partial charge >= 0.3 is 5.76 Å². The van der Waals surface area contributed by atoms with Crippen LogP contribution >= 0.6 is 11.5 Å². The van der Waals surface area contributed by atoms with Gasteiger partial charge in [0.15, 0.2) is 11.3 Å². The van der Waals surface area contributed by atoms with Gasteiger partial charge in [0.25, 0.3) is 10.0 Å². The van der Waals surface area contributed by atoms with Gasteiger partial charge in [-0.1, -0.05) is 24.3 Å². The van der Waals surface area contributed by atoms with Crippen molar-refractivity contribution in [3.05, 3.63) is 70.2 Å². The molecule has 1 fully saturated rings. The second-order valence-corrected chi connectivity index (χ2v) is 10.1. The number of nitrogens with zero attached hydrogens (tertiary/aromatic N) is 3. The van der Waals surface area contributed by atoms with E-state index >= 15 is 4.39 Å². The third kappa shape index (κ3) is 3.61. The normalized spacial score (nSPS) is 16.5. The Hall–Kier alpha value is -3.16.